The lowest BCUT2D eigenvalue weighted by Gasteiger charge is -2.17. The SMILES string of the molecule is O=C1/C(=c2\sc3nc(-c4ccc(Cl)cc4)nn3c2=O)c2cc(Br)ccc2N1Cc1ccccc1F. The van der Waals surface area contributed by atoms with Gasteiger partial charge in [0.2, 0.25) is 4.96 Å². The van der Waals surface area contributed by atoms with Gasteiger partial charge >= 0.3 is 0 Å². The molecule has 172 valence electrons. The number of carbonyl (C=O) groups is 1. The lowest BCUT2D eigenvalue weighted by Crippen LogP contribution is -2.32. The molecular formula is C25H13BrClFN4O2S. The molecule has 6 rings (SSSR count). The lowest BCUT2D eigenvalue weighted by molar-refractivity contribution is -0.113. The maximum absolute atomic E-state index is 14.4. The van der Waals surface area contributed by atoms with E-state index in [0.29, 0.717) is 32.6 Å². The Morgan fingerprint density at radius 3 is 2.54 bits per heavy atom. The molecule has 3 heterocycles. The van der Waals surface area contributed by atoms with Gasteiger partial charge in [-0.15, -0.1) is 5.10 Å². The summed E-state index contributed by atoms with van der Waals surface area (Å²) >= 11 is 10.5. The van der Waals surface area contributed by atoms with Crippen molar-refractivity contribution in [2.45, 2.75) is 6.54 Å². The number of aromatic nitrogens is 3. The van der Waals surface area contributed by atoms with Crippen LogP contribution in [0.15, 0.2) is 76.0 Å². The van der Waals surface area contributed by atoms with E-state index >= 15 is 0 Å². The Balaban J connectivity index is 1.52. The minimum Gasteiger partial charge on any atom is -0.303 e. The summed E-state index contributed by atoms with van der Waals surface area (Å²) in [6.07, 6.45) is 0. The Kier molecular flexibility index (Phi) is 5.28. The summed E-state index contributed by atoms with van der Waals surface area (Å²) in [4.78, 5) is 33.3. The van der Waals surface area contributed by atoms with Crippen LogP contribution < -0.4 is 15.0 Å². The van der Waals surface area contributed by atoms with E-state index in [0.717, 1.165) is 21.4 Å². The number of hydrogen-bond acceptors (Lipinski definition) is 5. The molecule has 1 aliphatic heterocycles. The molecule has 1 amide bonds. The van der Waals surface area contributed by atoms with Crippen LogP contribution in [0.25, 0.3) is 21.9 Å². The van der Waals surface area contributed by atoms with Gasteiger partial charge in [0, 0.05) is 26.2 Å². The van der Waals surface area contributed by atoms with Crippen molar-refractivity contribution in [2.75, 3.05) is 4.90 Å². The van der Waals surface area contributed by atoms with Gasteiger partial charge in [0.05, 0.1) is 17.8 Å². The molecule has 0 atom stereocenters. The molecule has 5 aromatic rings. The van der Waals surface area contributed by atoms with E-state index in [1.165, 1.54) is 15.5 Å². The number of carbonyl (C=O) groups excluding carboxylic acids is 1. The van der Waals surface area contributed by atoms with E-state index in [2.05, 4.69) is 26.0 Å². The van der Waals surface area contributed by atoms with Crippen molar-refractivity contribution in [1.82, 2.24) is 14.6 Å². The summed E-state index contributed by atoms with van der Waals surface area (Å²) in [7, 11) is 0. The zero-order chi connectivity index (χ0) is 24.3. The molecule has 0 saturated heterocycles. The van der Waals surface area contributed by atoms with Crippen LogP contribution in [0.3, 0.4) is 0 Å². The number of anilines is 1. The molecule has 1 aliphatic rings. The maximum atomic E-state index is 14.4. The lowest BCUT2D eigenvalue weighted by atomic mass is 10.1. The molecule has 0 saturated carbocycles. The minimum atomic E-state index is -0.431. The van der Waals surface area contributed by atoms with Crippen molar-refractivity contribution < 1.29 is 9.18 Å². The summed E-state index contributed by atoms with van der Waals surface area (Å²) in [5.74, 6) is -0.380. The van der Waals surface area contributed by atoms with E-state index in [1.54, 1.807) is 54.6 Å². The fraction of sp³-hybridized carbons (Fsp3) is 0.0400. The molecule has 0 fully saturated rings. The molecule has 3 aromatic carbocycles. The first kappa shape index (κ1) is 22.1. The van der Waals surface area contributed by atoms with Crippen LogP contribution in [-0.4, -0.2) is 20.5 Å². The van der Waals surface area contributed by atoms with Crippen LogP contribution >= 0.6 is 38.9 Å². The highest BCUT2D eigenvalue weighted by molar-refractivity contribution is 9.10. The third-order valence-corrected chi connectivity index (χ3v) is 7.53. The first-order valence-electron chi connectivity index (χ1n) is 10.5. The van der Waals surface area contributed by atoms with Crippen LogP contribution in [0.5, 0.6) is 0 Å². The van der Waals surface area contributed by atoms with Crippen molar-refractivity contribution in [3.05, 3.63) is 108 Å². The van der Waals surface area contributed by atoms with Crippen LogP contribution in [-0.2, 0) is 11.3 Å². The van der Waals surface area contributed by atoms with Crippen LogP contribution in [0.4, 0.5) is 10.1 Å². The smallest absolute Gasteiger partial charge is 0.291 e. The third-order valence-electron chi connectivity index (χ3n) is 5.75. The van der Waals surface area contributed by atoms with E-state index in [9.17, 15) is 14.0 Å². The molecule has 0 radical (unpaired) electrons. The highest BCUT2D eigenvalue weighted by Gasteiger charge is 2.35. The molecule has 0 unspecified atom stereocenters. The molecule has 10 heteroatoms. The fourth-order valence-electron chi connectivity index (χ4n) is 4.08. The Morgan fingerprint density at radius 1 is 1.03 bits per heavy atom. The molecule has 2 aromatic heterocycles. The molecule has 0 N–H and O–H groups in total. The highest BCUT2D eigenvalue weighted by Crippen LogP contribution is 2.38. The van der Waals surface area contributed by atoms with Crippen molar-refractivity contribution in [3.63, 3.8) is 0 Å². The topological polar surface area (TPSA) is 67.6 Å². The molecular weight excluding hydrogens is 555 g/mol. The minimum absolute atomic E-state index is 0.0410. The van der Waals surface area contributed by atoms with Crippen molar-refractivity contribution >= 4 is 61.0 Å². The molecule has 0 spiro atoms. The van der Waals surface area contributed by atoms with Crippen molar-refractivity contribution in [1.29, 1.82) is 0 Å². The monoisotopic (exact) mass is 566 g/mol. The number of thiazole rings is 1. The summed E-state index contributed by atoms with van der Waals surface area (Å²) in [5.41, 5.74) is 2.14. The summed E-state index contributed by atoms with van der Waals surface area (Å²) < 4.78 is 16.6. The highest BCUT2D eigenvalue weighted by atomic mass is 79.9. The Bertz CT molecular complexity index is 1770. The van der Waals surface area contributed by atoms with Gasteiger partial charge in [-0.1, -0.05) is 57.1 Å². The van der Waals surface area contributed by atoms with Gasteiger partial charge in [0.15, 0.2) is 5.82 Å². The van der Waals surface area contributed by atoms with Crippen molar-refractivity contribution in [3.8, 4) is 11.4 Å². The van der Waals surface area contributed by atoms with Gasteiger partial charge < -0.3 is 4.90 Å². The number of halogens is 3. The maximum Gasteiger partial charge on any atom is 0.291 e. The van der Waals surface area contributed by atoms with E-state index in [4.69, 9.17) is 11.6 Å². The van der Waals surface area contributed by atoms with Gasteiger partial charge in [0.1, 0.15) is 10.3 Å². The van der Waals surface area contributed by atoms with Gasteiger partial charge in [-0.3, -0.25) is 9.59 Å². The largest absolute Gasteiger partial charge is 0.303 e. The normalized spacial score (nSPS) is 14.7. The Morgan fingerprint density at radius 2 is 1.80 bits per heavy atom. The average Bonchev–Trinajstić information content (AvgIpc) is 3.47. The Hall–Kier alpha value is -3.40. The predicted molar refractivity (Wildman–Crippen MR) is 137 cm³/mol. The zero-order valence-corrected chi connectivity index (χ0v) is 20.9. The number of hydrogen-bond donors (Lipinski definition) is 0. The summed E-state index contributed by atoms with van der Waals surface area (Å²) in [5, 5.41) is 4.95. The third kappa shape index (κ3) is 3.67. The van der Waals surface area contributed by atoms with E-state index in [1.807, 2.05) is 6.07 Å². The van der Waals surface area contributed by atoms with Crippen LogP contribution in [0.1, 0.15) is 11.1 Å². The second kappa shape index (κ2) is 8.37. The molecule has 6 nitrogen and oxygen atoms in total. The summed E-state index contributed by atoms with van der Waals surface area (Å²) in [6.45, 7) is 0.0410. The molecule has 0 bridgehead atoms. The zero-order valence-electron chi connectivity index (χ0n) is 17.7. The van der Waals surface area contributed by atoms with Gasteiger partial charge in [-0.05, 0) is 48.5 Å². The first-order chi connectivity index (χ1) is 16.9. The number of amides is 1. The van der Waals surface area contributed by atoms with Gasteiger partial charge in [-0.2, -0.15) is 9.50 Å². The van der Waals surface area contributed by atoms with Crippen molar-refractivity contribution in [2.24, 2.45) is 0 Å². The quantitative estimate of drug-likeness (QED) is 0.313. The number of fused-ring (bicyclic) bond motifs is 2. The number of nitrogens with zero attached hydrogens (tertiary/aromatic N) is 4. The number of rotatable bonds is 3. The van der Waals surface area contributed by atoms with E-state index in [-0.39, 0.29) is 22.6 Å². The van der Waals surface area contributed by atoms with Crippen LogP contribution in [0.2, 0.25) is 5.02 Å². The fourth-order valence-corrected chi connectivity index (χ4v) is 5.57. The summed E-state index contributed by atoms with van der Waals surface area (Å²) in [6, 6.07) is 18.7. The molecule has 35 heavy (non-hydrogen) atoms. The van der Waals surface area contributed by atoms with Crippen LogP contribution in [0, 0.1) is 5.82 Å². The van der Waals surface area contributed by atoms with E-state index < -0.39 is 11.4 Å². The van der Waals surface area contributed by atoms with Gasteiger partial charge in [0.25, 0.3) is 11.5 Å². The average molecular weight is 568 g/mol. The second-order valence-electron chi connectivity index (χ2n) is 7.89. The standard InChI is InChI=1S/C25H13BrClFN4O2S/c26-15-7-10-19-17(11-15)20(23(33)31(19)12-14-3-1-2-4-18(14)28)21-24(34)32-25(35-21)29-22(30-32)13-5-8-16(27)9-6-13/h1-11H,12H2/b21-20-. The predicted octanol–water partition coefficient (Wildman–Crippen LogP) is 4.84. The number of benzene rings is 3. The Labute approximate surface area is 215 Å². The second-order valence-corrected chi connectivity index (χ2v) is 10.2. The van der Waals surface area contributed by atoms with Gasteiger partial charge in [-0.25, -0.2) is 4.39 Å². The first-order valence-corrected chi connectivity index (χ1v) is 12.4. The molecule has 0 aliphatic carbocycles.